The number of imidazole rings is 1. The Hall–Kier alpha value is -1.44. The number of hydrogen-bond acceptors (Lipinski definition) is 5. The summed E-state index contributed by atoms with van der Waals surface area (Å²) < 4.78 is 5.78. The number of carbonyl (C=O) groups is 1. The second-order valence-corrected chi connectivity index (χ2v) is 7.06. The van der Waals surface area contributed by atoms with Crippen LogP contribution in [0, 0.1) is 6.92 Å². The maximum Gasteiger partial charge on any atom is 0.236 e. The van der Waals surface area contributed by atoms with Crippen molar-refractivity contribution in [1.29, 1.82) is 0 Å². The SMILES string of the molecule is Cc1cnc(C2CN(C(=O)CN3CCN(C(C)C)CC3)CCO2)[nH]1. The van der Waals surface area contributed by atoms with Gasteiger partial charge in [0.25, 0.3) is 0 Å². The van der Waals surface area contributed by atoms with Gasteiger partial charge >= 0.3 is 0 Å². The topological polar surface area (TPSA) is 64.7 Å². The Kier molecular flexibility index (Phi) is 5.53. The summed E-state index contributed by atoms with van der Waals surface area (Å²) in [5, 5.41) is 0. The molecule has 1 atom stereocenters. The first kappa shape index (κ1) is 17.4. The zero-order valence-corrected chi connectivity index (χ0v) is 15.0. The molecule has 2 saturated heterocycles. The molecule has 1 N–H and O–H groups in total. The van der Waals surface area contributed by atoms with E-state index in [1.165, 1.54) is 0 Å². The molecule has 7 nitrogen and oxygen atoms in total. The van der Waals surface area contributed by atoms with Crippen molar-refractivity contribution >= 4 is 5.91 Å². The molecule has 134 valence electrons. The van der Waals surface area contributed by atoms with Crippen molar-refractivity contribution < 1.29 is 9.53 Å². The summed E-state index contributed by atoms with van der Waals surface area (Å²) in [6.07, 6.45) is 1.66. The Labute approximate surface area is 144 Å². The third-order valence-electron chi connectivity index (χ3n) is 4.94. The van der Waals surface area contributed by atoms with E-state index in [-0.39, 0.29) is 12.0 Å². The number of H-pyrrole nitrogens is 1. The molecule has 3 rings (SSSR count). The average Bonchev–Trinajstić information content (AvgIpc) is 3.02. The lowest BCUT2D eigenvalue weighted by Crippen LogP contribution is -2.53. The standard InChI is InChI=1S/C17H29N5O2/c1-13(2)21-6-4-20(5-7-21)12-16(23)22-8-9-24-15(11-22)17-18-10-14(3)19-17/h10,13,15H,4-9,11-12H2,1-3H3,(H,18,19). The molecule has 1 amide bonds. The van der Waals surface area contributed by atoms with Crippen molar-refractivity contribution in [3.05, 3.63) is 17.7 Å². The van der Waals surface area contributed by atoms with E-state index in [2.05, 4.69) is 33.6 Å². The monoisotopic (exact) mass is 335 g/mol. The average molecular weight is 335 g/mol. The number of aryl methyl sites for hydroxylation is 1. The van der Waals surface area contributed by atoms with Crippen LogP contribution in [0.25, 0.3) is 0 Å². The minimum absolute atomic E-state index is 0.144. The van der Waals surface area contributed by atoms with Gasteiger partial charge in [-0.3, -0.25) is 14.6 Å². The van der Waals surface area contributed by atoms with Crippen LogP contribution >= 0.6 is 0 Å². The van der Waals surface area contributed by atoms with E-state index in [0.29, 0.717) is 32.3 Å². The molecule has 1 aromatic rings. The van der Waals surface area contributed by atoms with Gasteiger partial charge in [-0.25, -0.2) is 4.98 Å². The van der Waals surface area contributed by atoms with E-state index in [1.54, 1.807) is 6.20 Å². The highest BCUT2D eigenvalue weighted by molar-refractivity contribution is 5.78. The number of rotatable bonds is 4. The maximum atomic E-state index is 12.6. The largest absolute Gasteiger partial charge is 0.367 e. The highest BCUT2D eigenvalue weighted by atomic mass is 16.5. The van der Waals surface area contributed by atoms with E-state index in [9.17, 15) is 4.79 Å². The smallest absolute Gasteiger partial charge is 0.236 e. The van der Waals surface area contributed by atoms with Gasteiger partial charge in [0.15, 0.2) is 0 Å². The second-order valence-electron chi connectivity index (χ2n) is 7.06. The number of aromatic amines is 1. The van der Waals surface area contributed by atoms with Gasteiger partial charge in [0, 0.05) is 50.7 Å². The highest BCUT2D eigenvalue weighted by Gasteiger charge is 2.29. The molecular weight excluding hydrogens is 306 g/mol. The van der Waals surface area contributed by atoms with Gasteiger partial charge in [0.2, 0.25) is 5.91 Å². The fraction of sp³-hybridized carbons (Fsp3) is 0.765. The molecule has 0 aliphatic carbocycles. The molecule has 0 saturated carbocycles. The predicted molar refractivity (Wildman–Crippen MR) is 91.7 cm³/mol. The minimum Gasteiger partial charge on any atom is -0.367 e. The minimum atomic E-state index is -0.144. The van der Waals surface area contributed by atoms with E-state index in [0.717, 1.165) is 37.7 Å². The van der Waals surface area contributed by atoms with E-state index in [1.807, 2.05) is 11.8 Å². The Morgan fingerprint density at radius 3 is 2.71 bits per heavy atom. The number of morpholine rings is 1. The molecule has 2 aliphatic heterocycles. The number of piperazine rings is 1. The first-order valence-electron chi connectivity index (χ1n) is 8.90. The number of amides is 1. The molecule has 2 fully saturated rings. The molecular formula is C17H29N5O2. The normalized spacial score (nSPS) is 23.8. The lowest BCUT2D eigenvalue weighted by Gasteiger charge is -2.38. The first-order chi connectivity index (χ1) is 11.5. The summed E-state index contributed by atoms with van der Waals surface area (Å²) >= 11 is 0. The summed E-state index contributed by atoms with van der Waals surface area (Å²) in [5.74, 6) is 1.01. The summed E-state index contributed by atoms with van der Waals surface area (Å²) in [6, 6.07) is 0.583. The zero-order chi connectivity index (χ0) is 17.1. The van der Waals surface area contributed by atoms with Gasteiger partial charge in [0.1, 0.15) is 11.9 Å². The van der Waals surface area contributed by atoms with Crippen LogP contribution in [-0.4, -0.2) is 89.0 Å². The first-order valence-corrected chi connectivity index (χ1v) is 8.90. The number of hydrogen-bond donors (Lipinski definition) is 1. The summed E-state index contributed by atoms with van der Waals surface area (Å²) in [7, 11) is 0. The van der Waals surface area contributed by atoms with Crippen LogP contribution < -0.4 is 0 Å². The molecule has 7 heteroatoms. The van der Waals surface area contributed by atoms with Crippen molar-refractivity contribution in [3.8, 4) is 0 Å². The molecule has 2 aliphatic rings. The van der Waals surface area contributed by atoms with Gasteiger partial charge in [-0.15, -0.1) is 0 Å². The third kappa shape index (κ3) is 4.15. The van der Waals surface area contributed by atoms with Crippen LogP contribution in [0.4, 0.5) is 0 Å². The molecule has 3 heterocycles. The maximum absolute atomic E-state index is 12.6. The van der Waals surface area contributed by atoms with E-state index in [4.69, 9.17) is 4.74 Å². The summed E-state index contributed by atoms with van der Waals surface area (Å²) in [4.78, 5) is 26.8. The zero-order valence-electron chi connectivity index (χ0n) is 15.0. The van der Waals surface area contributed by atoms with Crippen molar-refractivity contribution in [3.63, 3.8) is 0 Å². The predicted octanol–water partition coefficient (Wildman–Crippen LogP) is 0.644. The number of ether oxygens (including phenoxy) is 1. The van der Waals surface area contributed by atoms with Crippen molar-refractivity contribution in [1.82, 2.24) is 24.7 Å². The number of nitrogens with one attached hydrogen (secondary N) is 1. The van der Waals surface area contributed by atoms with Crippen molar-refractivity contribution in [2.75, 3.05) is 52.4 Å². The van der Waals surface area contributed by atoms with Gasteiger partial charge in [-0.05, 0) is 20.8 Å². The number of nitrogens with zero attached hydrogens (tertiary/aromatic N) is 4. The fourth-order valence-corrected chi connectivity index (χ4v) is 3.37. The molecule has 0 spiro atoms. The van der Waals surface area contributed by atoms with Gasteiger partial charge in [0.05, 0.1) is 19.7 Å². The van der Waals surface area contributed by atoms with Crippen LogP contribution in [0.5, 0.6) is 0 Å². The summed E-state index contributed by atoms with van der Waals surface area (Å²) in [5.41, 5.74) is 1.01. The Morgan fingerprint density at radius 2 is 2.08 bits per heavy atom. The van der Waals surface area contributed by atoms with Gasteiger partial charge in [-0.2, -0.15) is 0 Å². The van der Waals surface area contributed by atoms with Gasteiger partial charge in [-0.1, -0.05) is 0 Å². The summed E-state index contributed by atoms with van der Waals surface area (Å²) in [6.45, 7) is 12.8. The van der Waals surface area contributed by atoms with Crippen LogP contribution in [0.15, 0.2) is 6.20 Å². The molecule has 1 unspecified atom stereocenters. The molecule has 0 aromatic carbocycles. The molecule has 0 bridgehead atoms. The molecule has 1 aromatic heterocycles. The van der Waals surface area contributed by atoms with Crippen molar-refractivity contribution in [2.45, 2.75) is 32.9 Å². The quantitative estimate of drug-likeness (QED) is 0.875. The van der Waals surface area contributed by atoms with E-state index >= 15 is 0 Å². The van der Waals surface area contributed by atoms with E-state index < -0.39 is 0 Å². The Bertz CT molecular complexity index is 551. The lowest BCUT2D eigenvalue weighted by atomic mass is 10.2. The van der Waals surface area contributed by atoms with Crippen LogP contribution in [0.3, 0.4) is 0 Å². The highest BCUT2D eigenvalue weighted by Crippen LogP contribution is 2.20. The second kappa shape index (κ2) is 7.63. The molecule has 24 heavy (non-hydrogen) atoms. The fourth-order valence-electron chi connectivity index (χ4n) is 3.37. The molecule has 0 radical (unpaired) electrons. The Morgan fingerprint density at radius 1 is 1.33 bits per heavy atom. The van der Waals surface area contributed by atoms with Crippen LogP contribution in [0.1, 0.15) is 31.5 Å². The lowest BCUT2D eigenvalue weighted by molar-refractivity contribution is -0.141. The van der Waals surface area contributed by atoms with Crippen LogP contribution in [0.2, 0.25) is 0 Å². The van der Waals surface area contributed by atoms with Crippen LogP contribution in [-0.2, 0) is 9.53 Å². The Balaban J connectivity index is 1.50. The number of aromatic nitrogens is 2. The van der Waals surface area contributed by atoms with Crippen molar-refractivity contribution in [2.24, 2.45) is 0 Å². The number of carbonyl (C=O) groups excluding carboxylic acids is 1. The third-order valence-corrected chi connectivity index (χ3v) is 4.94. The van der Waals surface area contributed by atoms with Gasteiger partial charge < -0.3 is 14.6 Å².